The molecule has 0 saturated carbocycles. The van der Waals surface area contributed by atoms with Crippen LogP contribution in [0.4, 0.5) is 0 Å². The smallest absolute Gasteiger partial charge is 0.314 e. The molecule has 328 valence electrons. The lowest BCUT2D eigenvalue weighted by Gasteiger charge is -2.60. The summed E-state index contributed by atoms with van der Waals surface area (Å²) in [5.74, 6) is -0.402. The Bertz CT molecular complexity index is 1230. The zero-order chi connectivity index (χ0) is 40.5. The van der Waals surface area contributed by atoms with Gasteiger partial charge in [0, 0.05) is 31.6 Å². The zero-order valence-corrected chi connectivity index (χ0v) is 35.9. The molecule has 0 aromatic rings. The van der Waals surface area contributed by atoms with E-state index in [1.165, 1.54) is 44.9 Å². The minimum absolute atomic E-state index is 0.0330. The third kappa shape index (κ3) is 13.4. The highest BCUT2D eigenvalue weighted by Gasteiger charge is 2.63. The molecule has 1 amide bonds. The van der Waals surface area contributed by atoms with Crippen LogP contribution in [-0.2, 0) is 23.8 Å². The van der Waals surface area contributed by atoms with Gasteiger partial charge in [-0.15, -0.1) is 0 Å². The number of aliphatic hydroxyl groups excluding tert-OH is 1. The fraction of sp³-hybridized carbons (Fsp3) is 0.911. The lowest BCUT2D eigenvalue weighted by Crippen LogP contribution is -2.81. The maximum absolute atomic E-state index is 14.1. The van der Waals surface area contributed by atoms with Gasteiger partial charge in [-0.25, -0.2) is 0 Å². The minimum Gasteiger partial charge on any atom is -0.465 e. The van der Waals surface area contributed by atoms with Gasteiger partial charge in [-0.2, -0.15) is 0 Å². The summed E-state index contributed by atoms with van der Waals surface area (Å²) in [6, 6.07) is 0.456. The van der Waals surface area contributed by atoms with Crippen LogP contribution in [0, 0.1) is 5.92 Å². The molecular formula is C45H82N6O6. The van der Waals surface area contributed by atoms with Crippen LogP contribution in [0.3, 0.4) is 0 Å². The van der Waals surface area contributed by atoms with E-state index in [4.69, 9.17) is 25.7 Å². The van der Waals surface area contributed by atoms with E-state index in [0.29, 0.717) is 45.2 Å². The molecule has 5 aliphatic heterocycles. The first-order chi connectivity index (χ1) is 27.7. The number of unbranched alkanes of at least 4 members (excludes halogenated alkanes) is 11. The van der Waals surface area contributed by atoms with Crippen molar-refractivity contribution in [1.29, 1.82) is 0 Å². The molecule has 0 aromatic carbocycles. The normalized spacial score (nSPS) is 31.7. The molecule has 4 fully saturated rings. The maximum Gasteiger partial charge on any atom is 0.314 e. The van der Waals surface area contributed by atoms with Crippen LogP contribution in [-0.4, -0.2) is 108 Å². The minimum atomic E-state index is -0.729. The number of nitrogens with two attached hydrogens (primary N) is 2. The van der Waals surface area contributed by atoms with E-state index in [-0.39, 0.29) is 54.5 Å². The molecule has 0 bridgehead atoms. The summed E-state index contributed by atoms with van der Waals surface area (Å²) in [5.41, 5.74) is 10.2. The Morgan fingerprint density at radius 1 is 0.895 bits per heavy atom. The second kappa shape index (κ2) is 24.0. The van der Waals surface area contributed by atoms with Gasteiger partial charge in [0.1, 0.15) is 23.7 Å². The predicted molar refractivity (Wildman–Crippen MR) is 226 cm³/mol. The van der Waals surface area contributed by atoms with Gasteiger partial charge in [-0.05, 0) is 103 Å². The molecule has 9 atom stereocenters. The van der Waals surface area contributed by atoms with Crippen LogP contribution in [0.15, 0.2) is 12.2 Å². The Labute approximate surface area is 345 Å². The van der Waals surface area contributed by atoms with Crippen molar-refractivity contribution >= 4 is 11.9 Å². The number of allylic oxidation sites excluding steroid dienone is 1. The molecule has 5 rings (SSSR count). The number of ether oxygens (including phenoxy) is 3. The van der Waals surface area contributed by atoms with Crippen molar-refractivity contribution < 1.29 is 28.9 Å². The summed E-state index contributed by atoms with van der Waals surface area (Å²) in [7, 11) is 0. The van der Waals surface area contributed by atoms with Crippen molar-refractivity contribution in [3.05, 3.63) is 12.2 Å². The predicted octanol–water partition coefficient (Wildman–Crippen LogP) is 6.33. The first-order valence-electron chi connectivity index (χ1n) is 23.6. The third-order valence-electron chi connectivity index (χ3n) is 13.5. The Kier molecular flexibility index (Phi) is 19.5. The Morgan fingerprint density at radius 3 is 2.30 bits per heavy atom. The first-order valence-corrected chi connectivity index (χ1v) is 23.6. The second-order valence-corrected chi connectivity index (χ2v) is 18.1. The summed E-state index contributed by atoms with van der Waals surface area (Å²) in [4.78, 5) is 31.2. The summed E-state index contributed by atoms with van der Waals surface area (Å²) in [5, 5.41) is 18.3. The van der Waals surface area contributed by atoms with Gasteiger partial charge in [0.05, 0.1) is 31.3 Å². The average molecular weight is 803 g/mol. The molecule has 12 nitrogen and oxygen atoms in total. The van der Waals surface area contributed by atoms with E-state index in [0.717, 1.165) is 103 Å². The van der Waals surface area contributed by atoms with E-state index in [2.05, 4.69) is 41.5 Å². The fourth-order valence-electron chi connectivity index (χ4n) is 10.5. The molecule has 5 aliphatic rings. The summed E-state index contributed by atoms with van der Waals surface area (Å²) in [6.07, 6.45) is 28.9. The summed E-state index contributed by atoms with van der Waals surface area (Å²) in [6.45, 7) is 7.36. The number of rotatable bonds is 25. The second-order valence-electron chi connectivity index (χ2n) is 18.1. The Hall–Kier alpha value is -1.64. The summed E-state index contributed by atoms with van der Waals surface area (Å²) < 4.78 is 19.7. The number of hydrogen-bond donors (Lipinski definition) is 5. The molecule has 4 saturated heterocycles. The van der Waals surface area contributed by atoms with Gasteiger partial charge >= 0.3 is 5.97 Å². The van der Waals surface area contributed by atoms with Crippen LogP contribution in [0.25, 0.3) is 0 Å². The van der Waals surface area contributed by atoms with Crippen molar-refractivity contribution in [3.8, 4) is 0 Å². The van der Waals surface area contributed by atoms with Crippen molar-refractivity contribution in [2.75, 3.05) is 32.8 Å². The molecule has 57 heavy (non-hydrogen) atoms. The van der Waals surface area contributed by atoms with E-state index < -0.39 is 11.8 Å². The SMILES string of the molecule is CCC1C=CCCC2(CC3CCC4C(C(=O)OCCCCCCCCCCCCCC(O)CC(=O)N(CCCN)CCCCN)C5(CCCC(C)O5)NC(N2)N34)O1. The van der Waals surface area contributed by atoms with Crippen LogP contribution in [0.1, 0.15) is 174 Å². The maximum atomic E-state index is 14.1. The number of carbonyl (C=O) groups excluding carboxylic acids is 2. The number of amides is 1. The Morgan fingerprint density at radius 2 is 1.60 bits per heavy atom. The topological polar surface area (TPSA) is 165 Å². The molecule has 9 unspecified atom stereocenters. The molecule has 0 aliphatic carbocycles. The number of esters is 1. The molecule has 2 spiro atoms. The van der Waals surface area contributed by atoms with Gasteiger partial charge in [0.25, 0.3) is 0 Å². The van der Waals surface area contributed by atoms with E-state index in [1.807, 2.05) is 4.90 Å². The molecule has 12 heteroatoms. The lowest BCUT2D eigenvalue weighted by atomic mass is 9.79. The molecule has 0 aromatic heterocycles. The average Bonchev–Trinajstić information content (AvgIpc) is 3.49. The lowest BCUT2D eigenvalue weighted by molar-refractivity contribution is -0.255. The van der Waals surface area contributed by atoms with Gasteiger partial charge in [-0.3, -0.25) is 25.1 Å². The van der Waals surface area contributed by atoms with Crippen molar-refractivity contribution in [3.63, 3.8) is 0 Å². The van der Waals surface area contributed by atoms with Crippen LogP contribution < -0.4 is 22.1 Å². The van der Waals surface area contributed by atoms with Crippen molar-refractivity contribution in [2.24, 2.45) is 17.4 Å². The first kappa shape index (κ1) is 46.4. The standard InChI is InChI=1S/C45H82N6O6/c1-3-38-23-14-15-26-44(57-38)34-36-24-25-39-41(45(27-19-21-35(2)56-45)49-43(48-44)51(36)39)42(54)55-32-18-12-10-8-6-4-5-7-9-11-13-22-37(52)33-40(53)50(31-20-29-47)30-17-16-28-46/h14,23,35-39,41,43,48-49,52H,3-13,15-22,24-34,46-47H2,1-2H3. The monoisotopic (exact) mass is 803 g/mol. The van der Waals surface area contributed by atoms with E-state index >= 15 is 0 Å². The number of nitrogens with one attached hydrogen (secondary N) is 2. The van der Waals surface area contributed by atoms with Crippen LogP contribution in [0.2, 0.25) is 0 Å². The highest BCUT2D eigenvalue weighted by molar-refractivity contribution is 5.76. The van der Waals surface area contributed by atoms with Crippen molar-refractivity contribution in [1.82, 2.24) is 20.4 Å². The highest BCUT2D eigenvalue weighted by Crippen LogP contribution is 2.49. The highest BCUT2D eigenvalue weighted by atomic mass is 16.6. The molecular weight excluding hydrogens is 721 g/mol. The third-order valence-corrected chi connectivity index (χ3v) is 13.5. The fourth-order valence-corrected chi connectivity index (χ4v) is 10.5. The zero-order valence-electron chi connectivity index (χ0n) is 35.9. The van der Waals surface area contributed by atoms with Crippen molar-refractivity contribution in [2.45, 2.75) is 223 Å². The molecule has 0 radical (unpaired) electrons. The molecule has 5 heterocycles. The van der Waals surface area contributed by atoms with Gasteiger partial charge in [0.15, 0.2) is 0 Å². The number of hydrogen-bond acceptors (Lipinski definition) is 11. The van der Waals surface area contributed by atoms with Gasteiger partial charge in [-0.1, -0.05) is 83.3 Å². The summed E-state index contributed by atoms with van der Waals surface area (Å²) >= 11 is 0. The van der Waals surface area contributed by atoms with E-state index in [1.54, 1.807) is 0 Å². The van der Waals surface area contributed by atoms with E-state index in [9.17, 15) is 14.7 Å². The van der Waals surface area contributed by atoms with Gasteiger partial charge in [0.2, 0.25) is 5.91 Å². The number of nitrogens with zero attached hydrogens (tertiary/aromatic N) is 2. The number of aliphatic hydroxyl groups is 1. The molecule has 7 N–H and O–H groups in total. The Balaban J connectivity index is 0.940. The quantitative estimate of drug-likeness (QED) is 0.0398. The van der Waals surface area contributed by atoms with Gasteiger partial charge < -0.3 is 35.7 Å². The number of carbonyl (C=O) groups is 2. The van der Waals surface area contributed by atoms with Crippen LogP contribution in [0.5, 0.6) is 0 Å². The van der Waals surface area contributed by atoms with Crippen LogP contribution >= 0.6 is 0 Å². The largest absolute Gasteiger partial charge is 0.465 e.